The van der Waals surface area contributed by atoms with Crippen LogP contribution < -0.4 is 11.1 Å². The van der Waals surface area contributed by atoms with E-state index in [2.05, 4.69) is 48.6 Å². The molecule has 118 valence electrons. The molecule has 0 aromatic heterocycles. The summed E-state index contributed by atoms with van der Waals surface area (Å²) in [5, 5.41) is 3.75. The topological polar surface area (TPSA) is 38.0 Å². The van der Waals surface area contributed by atoms with Crippen LogP contribution in [0.25, 0.3) is 6.08 Å². The highest BCUT2D eigenvalue weighted by molar-refractivity contribution is 5.85. The lowest BCUT2D eigenvalue weighted by molar-refractivity contribution is 0.287. The Bertz CT molecular complexity index is 455. The third kappa shape index (κ3) is 4.72. The van der Waals surface area contributed by atoms with Gasteiger partial charge in [-0.25, -0.2) is 0 Å². The molecular weight excluding hydrogens is 303 g/mol. The molecule has 0 heterocycles. The van der Waals surface area contributed by atoms with E-state index in [0.717, 1.165) is 25.2 Å². The molecule has 0 saturated heterocycles. The minimum Gasteiger partial charge on any atom is -0.328 e. The molecule has 0 unspecified atom stereocenters. The van der Waals surface area contributed by atoms with Crippen LogP contribution in [0.15, 0.2) is 35.9 Å². The van der Waals surface area contributed by atoms with Gasteiger partial charge in [-0.15, -0.1) is 24.8 Å². The second kappa shape index (κ2) is 8.19. The summed E-state index contributed by atoms with van der Waals surface area (Å²) in [5.74, 6) is 0.752. The predicted octanol–water partition coefficient (Wildman–Crippen LogP) is 3.79. The molecular formula is C17H26Cl2N2. The van der Waals surface area contributed by atoms with Crippen molar-refractivity contribution in [1.29, 1.82) is 0 Å². The maximum Gasteiger partial charge on any atom is 0.0142 e. The Kier molecular flexibility index (Phi) is 7.22. The summed E-state index contributed by atoms with van der Waals surface area (Å²) in [4.78, 5) is 0. The van der Waals surface area contributed by atoms with Crippen LogP contribution in [-0.4, -0.2) is 18.1 Å². The Morgan fingerprint density at radius 2 is 1.86 bits per heavy atom. The van der Waals surface area contributed by atoms with Gasteiger partial charge in [0, 0.05) is 18.1 Å². The number of rotatable bonds is 5. The first kappa shape index (κ1) is 18.5. The van der Waals surface area contributed by atoms with Crippen LogP contribution in [0.3, 0.4) is 0 Å². The number of benzene rings is 1. The van der Waals surface area contributed by atoms with Crippen molar-refractivity contribution in [3.05, 3.63) is 41.5 Å². The average Bonchev–Trinajstić information content (AvgIpc) is 3.15. The van der Waals surface area contributed by atoms with Gasteiger partial charge in [-0.3, -0.25) is 0 Å². The Labute approximate surface area is 140 Å². The molecule has 1 aromatic carbocycles. The standard InChI is InChI=1S/C17H24N2.2ClH/c1-2-13(8-12-6-4-3-5-7-12)16-11-17(16)19-15-9-14(18)10-15;;/h3-8,14-17,19H,2,9-11,18H2,1H3;2*1H/b13-8+;;/t14?,15?,16-,17+;;/m0../s1. The van der Waals surface area contributed by atoms with Gasteiger partial charge < -0.3 is 11.1 Å². The van der Waals surface area contributed by atoms with Gasteiger partial charge in [-0.05, 0) is 37.2 Å². The summed E-state index contributed by atoms with van der Waals surface area (Å²) < 4.78 is 0. The van der Waals surface area contributed by atoms with Crippen LogP contribution in [0.1, 0.15) is 38.2 Å². The minimum atomic E-state index is 0. The van der Waals surface area contributed by atoms with E-state index in [4.69, 9.17) is 5.73 Å². The van der Waals surface area contributed by atoms with Crippen molar-refractivity contribution in [2.24, 2.45) is 11.7 Å². The van der Waals surface area contributed by atoms with Gasteiger partial charge >= 0.3 is 0 Å². The fourth-order valence-electron chi connectivity index (χ4n) is 3.12. The summed E-state index contributed by atoms with van der Waals surface area (Å²) in [5.41, 5.74) is 8.76. The summed E-state index contributed by atoms with van der Waals surface area (Å²) >= 11 is 0. The van der Waals surface area contributed by atoms with Crippen LogP contribution in [0.2, 0.25) is 0 Å². The minimum absolute atomic E-state index is 0. The molecule has 2 aliphatic rings. The molecule has 2 fully saturated rings. The quantitative estimate of drug-likeness (QED) is 0.862. The molecule has 4 heteroatoms. The maximum atomic E-state index is 5.84. The summed E-state index contributed by atoms with van der Waals surface area (Å²) in [6.45, 7) is 2.27. The molecule has 1 aromatic rings. The Balaban J connectivity index is 0.00000110. The van der Waals surface area contributed by atoms with E-state index >= 15 is 0 Å². The average molecular weight is 329 g/mol. The molecule has 2 aliphatic carbocycles. The molecule has 2 atom stereocenters. The van der Waals surface area contributed by atoms with Crippen LogP contribution in [0.4, 0.5) is 0 Å². The fraction of sp³-hybridized carbons (Fsp3) is 0.529. The van der Waals surface area contributed by atoms with Gasteiger partial charge in [-0.1, -0.05) is 48.9 Å². The van der Waals surface area contributed by atoms with Crippen molar-refractivity contribution in [3.8, 4) is 0 Å². The number of hydrogen-bond acceptors (Lipinski definition) is 2. The Morgan fingerprint density at radius 3 is 2.43 bits per heavy atom. The first-order valence-corrected chi connectivity index (χ1v) is 7.53. The SMILES string of the molecule is CC/C(=C\c1ccccc1)[C@@H]1C[C@H]1NC1CC(N)C1.Cl.Cl. The van der Waals surface area contributed by atoms with E-state index in [1.54, 1.807) is 5.57 Å². The van der Waals surface area contributed by atoms with Crippen LogP contribution >= 0.6 is 24.8 Å². The van der Waals surface area contributed by atoms with Gasteiger partial charge in [0.15, 0.2) is 0 Å². The van der Waals surface area contributed by atoms with E-state index in [1.807, 2.05) is 0 Å². The predicted molar refractivity (Wildman–Crippen MR) is 95.2 cm³/mol. The molecule has 2 saturated carbocycles. The number of nitrogens with two attached hydrogens (primary N) is 1. The molecule has 0 bridgehead atoms. The van der Waals surface area contributed by atoms with Gasteiger partial charge in [0.2, 0.25) is 0 Å². The molecule has 3 N–H and O–H groups in total. The van der Waals surface area contributed by atoms with E-state index < -0.39 is 0 Å². The van der Waals surface area contributed by atoms with Gasteiger partial charge in [0.25, 0.3) is 0 Å². The first-order valence-electron chi connectivity index (χ1n) is 7.53. The van der Waals surface area contributed by atoms with Crippen molar-refractivity contribution >= 4 is 30.9 Å². The van der Waals surface area contributed by atoms with Crippen molar-refractivity contribution in [3.63, 3.8) is 0 Å². The Hall–Kier alpha value is -0.540. The van der Waals surface area contributed by atoms with Crippen molar-refractivity contribution in [2.75, 3.05) is 0 Å². The van der Waals surface area contributed by atoms with E-state index in [-0.39, 0.29) is 24.8 Å². The fourth-order valence-corrected chi connectivity index (χ4v) is 3.12. The lowest BCUT2D eigenvalue weighted by atomic mass is 9.87. The van der Waals surface area contributed by atoms with Crippen molar-refractivity contribution in [2.45, 2.75) is 50.7 Å². The molecule has 0 radical (unpaired) electrons. The molecule has 3 rings (SSSR count). The smallest absolute Gasteiger partial charge is 0.0142 e. The second-order valence-electron chi connectivity index (χ2n) is 6.03. The zero-order valence-corrected chi connectivity index (χ0v) is 14.1. The lowest BCUT2D eigenvalue weighted by Crippen LogP contribution is -2.49. The molecule has 0 amide bonds. The number of hydrogen-bond donors (Lipinski definition) is 2. The largest absolute Gasteiger partial charge is 0.328 e. The summed E-state index contributed by atoms with van der Waals surface area (Å²) in [6.07, 6.45) is 7.15. The van der Waals surface area contributed by atoms with Crippen molar-refractivity contribution in [1.82, 2.24) is 5.32 Å². The molecule has 0 spiro atoms. The first-order chi connectivity index (χ1) is 9.26. The third-order valence-corrected chi connectivity index (χ3v) is 4.45. The summed E-state index contributed by atoms with van der Waals surface area (Å²) in [6, 6.07) is 12.5. The lowest BCUT2D eigenvalue weighted by Gasteiger charge is -2.33. The zero-order valence-electron chi connectivity index (χ0n) is 12.5. The highest BCUT2D eigenvalue weighted by Crippen LogP contribution is 2.41. The molecule has 0 aliphatic heterocycles. The van der Waals surface area contributed by atoms with E-state index in [1.165, 1.54) is 12.0 Å². The maximum absolute atomic E-state index is 5.84. The molecule has 21 heavy (non-hydrogen) atoms. The van der Waals surface area contributed by atoms with Gasteiger partial charge in [0.05, 0.1) is 0 Å². The monoisotopic (exact) mass is 328 g/mol. The zero-order chi connectivity index (χ0) is 13.2. The van der Waals surface area contributed by atoms with Gasteiger partial charge in [-0.2, -0.15) is 0 Å². The highest BCUT2D eigenvalue weighted by atomic mass is 35.5. The number of halogens is 2. The molecule has 2 nitrogen and oxygen atoms in total. The summed E-state index contributed by atoms with van der Waals surface area (Å²) in [7, 11) is 0. The van der Waals surface area contributed by atoms with E-state index in [0.29, 0.717) is 18.1 Å². The Morgan fingerprint density at radius 1 is 1.19 bits per heavy atom. The number of nitrogens with one attached hydrogen (secondary N) is 1. The van der Waals surface area contributed by atoms with Gasteiger partial charge in [0.1, 0.15) is 0 Å². The van der Waals surface area contributed by atoms with E-state index in [9.17, 15) is 0 Å². The highest BCUT2D eigenvalue weighted by Gasteiger charge is 2.41. The van der Waals surface area contributed by atoms with Crippen LogP contribution in [-0.2, 0) is 0 Å². The normalized spacial score (nSPS) is 30.7. The van der Waals surface area contributed by atoms with Crippen LogP contribution in [0.5, 0.6) is 0 Å². The van der Waals surface area contributed by atoms with Crippen LogP contribution in [0, 0.1) is 5.92 Å². The third-order valence-electron chi connectivity index (χ3n) is 4.45. The second-order valence-corrected chi connectivity index (χ2v) is 6.03. The van der Waals surface area contributed by atoms with Crippen molar-refractivity contribution < 1.29 is 0 Å².